The summed E-state index contributed by atoms with van der Waals surface area (Å²) in [6.45, 7) is 0.229. The van der Waals surface area contributed by atoms with E-state index in [9.17, 15) is 4.79 Å². The molecule has 1 amide bonds. The Morgan fingerprint density at radius 2 is 1.81 bits per heavy atom. The molecule has 0 aliphatic carbocycles. The van der Waals surface area contributed by atoms with Crippen LogP contribution in [0.1, 0.15) is 5.69 Å². The zero-order chi connectivity index (χ0) is 18.2. The fourth-order valence-electron chi connectivity index (χ4n) is 2.34. The van der Waals surface area contributed by atoms with Gasteiger partial charge >= 0.3 is 0 Å². The Kier molecular flexibility index (Phi) is 5.77. The van der Waals surface area contributed by atoms with E-state index in [1.165, 1.54) is 6.33 Å². The van der Waals surface area contributed by atoms with Crippen LogP contribution in [0, 0.1) is 0 Å². The number of nitrogens with one attached hydrogen (secondary N) is 1. The van der Waals surface area contributed by atoms with Crippen molar-refractivity contribution in [2.24, 2.45) is 0 Å². The number of benzene rings is 2. The number of nitrogens with zero attached hydrogens (tertiary/aromatic N) is 2. The van der Waals surface area contributed by atoms with Crippen LogP contribution < -0.4 is 14.8 Å². The number of methoxy groups -OCH3 is 1. The predicted octanol–water partition coefficient (Wildman–Crippen LogP) is 2.85. The predicted molar refractivity (Wildman–Crippen MR) is 97.8 cm³/mol. The molecule has 1 aromatic heterocycles. The highest BCUT2D eigenvalue weighted by Crippen LogP contribution is 2.18. The minimum atomic E-state index is -0.229. The first-order chi connectivity index (χ1) is 12.7. The highest BCUT2D eigenvalue weighted by Gasteiger charge is 2.06. The van der Waals surface area contributed by atoms with Gasteiger partial charge in [0.05, 0.1) is 25.0 Å². The second-order valence-corrected chi connectivity index (χ2v) is 5.50. The third-order valence-corrected chi connectivity index (χ3v) is 3.67. The normalized spacial score (nSPS) is 10.2. The summed E-state index contributed by atoms with van der Waals surface area (Å²) in [5, 5.41) is 2.79. The van der Waals surface area contributed by atoms with Crippen LogP contribution in [0.2, 0.25) is 0 Å². The van der Waals surface area contributed by atoms with Crippen LogP contribution in [-0.2, 0) is 11.3 Å². The van der Waals surface area contributed by atoms with Gasteiger partial charge in [0, 0.05) is 11.6 Å². The van der Waals surface area contributed by atoms with Crippen LogP contribution in [0.25, 0.3) is 11.3 Å². The molecule has 132 valence electrons. The fraction of sp³-hybridized carbons (Fsp3) is 0.150. The van der Waals surface area contributed by atoms with E-state index in [1.807, 2.05) is 42.5 Å². The lowest BCUT2D eigenvalue weighted by atomic mass is 10.1. The van der Waals surface area contributed by atoms with Gasteiger partial charge in [0.1, 0.15) is 17.8 Å². The molecule has 0 fully saturated rings. The molecule has 0 aliphatic heterocycles. The van der Waals surface area contributed by atoms with Crippen molar-refractivity contribution in [3.05, 3.63) is 72.7 Å². The number of hydrogen-bond acceptors (Lipinski definition) is 5. The number of aromatic nitrogens is 2. The van der Waals surface area contributed by atoms with Gasteiger partial charge in [-0.2, -0.15) is 0 Å². The van der Waals surface area contributed by atoms with Crippen LogP contribution in [0.15, 0.2) is 67.0 Å². The van der Waals surface area contributed by atoms with Crippen molar-refractivity contribution in [3.8, 4) is 22.8 Å². The molecule has 3 aromatic rings. The number of rotatable bonds is 7. The lowest BCUT2D eigenvalue weighted by Gasteiger charge is -2.09. The summed E-state index contributed by atoms with van der Waals surface area (Å²) < 4.78 is 10.6. The van der Waals surface area contributed by atoms with E-state index in [4.69, 9.17) is 9.47 Å². The Labute approximate surface area is 151 Å². The van der Waals surface area contributed by atoms with Crippen LogP contribution in [0.5, 0.6) is 11.5 Å². The summed E-state index contributed by atoms with van der Waals surface area (Å²) >= 11 is 0. The third-order valence-electron chi connectivity index (χ3n) is 3.67. The van der Waals surface area contributed by atoms with Gasteiger partial charge in [-0.3, -0.25) is 4.79 Å². The largest absolute Gasteiger partial charge is 0.497 e. The van der Waals surface area contributed by atoms with E-state index >= 15 is 0 Å². The molecule has 0 aliphatic rings. The lowest BCUT2D eigenvalue weighted by Crippen LogP contribution is -2.28. The number of ether oxygens (including phenoxy) is 2. The minimum absolute atomic E-state index is 0.0796. The molecule has 0 radical (unpaired) electrons. The molecule has 2 aromatic carbocycles. The molecule has 3 rings (SSSR count). The van der Waals surface area contributed by atoms with E-state index in [1.54, 1.807) is 25.3 Å². The van der Waals surface area contributed by atoms with Crippen LogP contribution in [0.4, 0.5) is 0 Å². The number of hydrogen-bond donors (Lipinski definition) is 1. The van der Waals surface area contributed by atoms with E-state index in [0.29, 0.717) is 18.0 Å². The molecular weight excluding hydrogens is 330 g/mol. The highest BCUT2D eigenvalue weighted by atomic mass is 16.5. The van der Waals surface area contributed by atoms with Crippen molar-refractivity contribution in [1.82, 2.24) is 15.3 Å². The van der Waals surface area contributed by atoms with Gasteiger partial charge < -0.3 is 14.8 Å². The molecule has 0 atom stereocenters. The summed E-state index contributed by atoms with van der Waals surface area (Å²) in [6.07, 6.45) is 1.50. The van der Waals surface area contributed by atoms with Gasteiger partial charge in [-0.05, 0) is 18.2 Å². The Bertz CT molecular complexity index is 869. The van der Waals surface area contributed by atoms with Crippen molar-refractivity contribution < 1.29 is 14.3 Å². The number of carbonyl (C=O) groups is 1. The molecule has 6 nitrogen and oxygen atoms in total. The molecule has 26 heavy (non-hydrogen) atoms. The second-order valence-electron chi connectivity index (χ2n) is 5.50. The summed E-state index contributed by atoms with van der Waals surface area (Å²) in [6, 6.07) is 18.8. The number of amides is 1. The van der Waals surface area contributed by atoms with Crippen molar-refractivity contribution in [2.75, 3.05) is 13.7 Å². The topological polar surface area (TPSA) is 73.3 Å². The van der Waals surface area contributed by atoms with Gasteiger partial charge in [-0.1, -0.05) is 36.4 Å². The smallest absolute Gasteiger partial charge is 0.258 e. The Morgan fingerprint density at radius 1 is 1.00 bits per heavy atom. The standard InChI is InChI=1S/C20H19N3O3/c1-25-17-8-5-9-18(11-17)26-13-20(24)21-12-16-10-19(23-14-22-16)15-6-3-2-4-7-15/h2-11,14H,12-13H2,1H3,(H,21,24). The molecule has 0 unspecified atom stereocenters. The summed E-state index contributed by atoms with van der Waals surface area (Å²) in [5.74, 6) is 1.03. The Hall–Kier alpha value is -3.41. The fourth-order valence-corrected chi connectivity index (χ4v) is 2.34. The Morgan fingerprint density at radius 3 is 2.62 bits per heavy atom. The van der Waals surface area contributed by atoms with Crippen molar-refractivity contribution in [1.29, 1.82) is 0 Å². The van der Waals surface area contributed by atoms with Crippen molar-refractivity contribution >= 4 is 5.91 Å². The van der Waals surface area contributed by atoms with E-state index in [2.05, 4.69) is 15.3 Å². The van der Waals surface area contributed by atoms with Crippen LogP contribution in [0.3, 0.4) is 0 Å². The van der Waals surface area contributed by atoms with Gasteiger partial charge in [0.15, 0.2) is 6.61 Å². The van der Waals surface area contributed by atoms with Gasteiger partial charge in [-0.25, -0.2) is 9.97 Å². The third kappa shape index (κ3) is 4.80. The average molecular weight is 349 g/mol. The van der Waals surface area contributed by atoms with Gasteiger partial charge in [0.25, 0.3) is 5.91 Å². The molecule has 0 saturated heterocycles. The molecular formula is C20H19N3O3. The van der Waals surface area contributed by atoms with E-state index in [0.717, 1.165) is 17.0 Å². The summed E-state index contributed by atoms with van der Waals surface area (Å²) in [7, 11) is 1.58. The van der Waals surface area contributed by atoms with Crippen molar-refractivity contribution in [3.63, 3.8) is 0 Å². The monoisotopic (exact) mass is 349 g/mol. The van der Waals surface area contributed by atoms with Crippen LogP contribution >= 0.6 is 0 Å². The molecule has 6 heteroatoms. The van der Waals surface area contributed by atoms with E-state index in [-0.39, 0.29) is 12.5 Å². The molecule has 1 heterocycles. The first-order valence-electron chi connectivity index (χ1n) is 8.14. The second kappa shape index (κ2) is 8.62. The first kappa shape index (κ1) is 17.4. The zero-order valence-electron chi connectivity index (χ0n) is 14.4. The van der Waals surface area contributed by atoms with Crippen molar-refractivity contribution in [2.45, 2.75) is 6.54 Å². The zero-order valence-corrected chi connectivity index (χ0v) is 14.4. The maximum Gasteiger partial charge on any atom is 0.258 e. The van der Waals surface area contributed by atoms with E-state index < -0.39 is 0 Å². The summed E-state index contributed by atoms with van der Waals surface area (Å²) in [5.41, 5.74) is 2.55. The van der Waals surface area contributed by atoms with Crippen LogP contribution in [-0.4, -0.2) is 29.6 Å². The maximum absolute atomic E-state index is 12.0. The minimum Gasteiger partial charge on any atom is -0.497 e. The highest BCUT2D eigenvalue weighted by molar-refractivity contribution is 5.77. The lowest BCUT2D eigenvalue weighted by molar-refractivity contribution is -0.123. The van der Waals surface area contributed by atoms with Gasteiger partial charge in [-0.15, -0.1) is 0 Å². The average Bonchev–Trinajstić information content (AvgIpc) is 2.72. The maximum atomic E-state index is 12.0. The van der Waals surface area contributed by atoms with Gasteiger partial charge in [0.2, 0.25) is 0 Å². The molecule has 0 bridgehead atoms. The quantitative estimate of drug-likeness (QED) is 0.710. The molecule has 1 N–H and O–H groups in total. The SMILES string of the molecule is COc1cccc(OCC(=O)NCc2cc(-c3ccccc3)ncn2)c1. The molecule has 0 spiro atoms. The number of carbonyl (C=O) groups excluding carboxylic acids is 1. The Balaban J connectivity index is 1.53. The summed E-state index contributed by atoms with van der Waals surface area (Å²) in [4.78, 5) is 20.5. The molecule has 0 saturated carbocycles. The first-order valence-corrected chi connectivity index (χ1v) is 8.14.